The lowest BCUT2D eigenvalue weighted by Crippen LogP contribution is -2.12. The van der Waals surface area contributed by atoms with Gasteiger partial charge in [0.2, 0.25) is 10.1 Å². The van der Waals surface area contributed by atoms with Gasteiger partial charge in [0.15, 0.2) is 0 Å². The molecule has 1 aromatic heterocycles. The topological polar surface area (TPSA) is 72.0 Å². The van der Waals surface area contributed by atoms with Crippen molar-refractivity contribution in [2.24, 2.45) is 0 Å². The molecule has 0 spiro atoms. The number of alkyl halides is 3. The Morgan fingerprint density at radius 2 is 1.70 bits per heavy atom. The number of hydrogen-bond donors (Lipinski definition) is 1. The van der Waals surface area contributed by atoms with Crippen LogP contribution < -0.4 is 4.72 Å². The van der Waals surface area contributed by atoms with Gasteiger partial charge in [-0.3, -0.25) is 4.72 Å². The fourth-order valence-electron chi connectivity index (χ4n) is 1.17. The van der Waals surface area contributed by atoms with Crippen LogP contribution in [0.15, 0.2) is 29.2 Å². The van der Waals surface area contributed by atoms with E-state index >= 15 is 0 Å². The maximum atomic E-state index is 12.7. The molecule has 5 nitrogen and oxygen atoms in total. The number of sulfonamides is 1. The van der Waals surface area contributed by atoms with Gasteiger partial charge in [-0.1, -0.05) is 11.3 Å². The van der Waals surface area contributed by atoms with E-state index in [4.69, 9.17) is 0 Å². The van der Waals surface area contributed by atoms with Gasteiger partial charge in [0.25, 0.3) is 10.0 Å². The zero-order valence-electron chi connectivity index (χ0n) is 9.35. The molecule has 0 radical (unpaired) electrons. The quantitative estimate of drug-likeness (QED) is 0.879. The highest BCUT2D eigenvalue weighted by Crippen LogP contribution is 2.33. The van der Waals surface area contributed by atoms with Crippen LogP contribution in [0.4, 0.5) is 22.7 Å². The Balaban J connectivity index is 2.25. The van der Waals surface area contributed by atoms with E-state index in [2.05, 4.69) is 10.2 Å². The molecule has 0 saturated heterocycles. The molecule has 1 aromatic carbocycles. The van der Waals surface area contributed by atoms with E-state index in [0.717, 1.165) is 24.3 Å². The number of anilines is 1. The molecule has 0 aliphatic heterocycles. The average Bonchev–Trinajstić information content (AvgIpc) is 2.77. The minimum atomic E-state index is -4.70. The maximum Gasteiger partial charge on any atom is 0.445 e. The number of halogens is 4. The minimum Gasteiger partial charge on any atom is -0.253 e. The van der Waals surface area contributed by atoms with Crippen molar-refractivity contribution in [1.29, 1.82) is 0 Å². The second-order valence-electron chi connectivity index (χ2n) is 3.47. The largest absolute Gasteiger partial charge is 0.445 e. The van der Waals surface area contributed by atoms with Crippen LogP contribution in [0, 0.1) is 5.82 Å². The van der Waals surface area contributed by atoms with Gasteiger partial charge in [-0.15, -0.1) is 10.2 Å². The average molecular weight is 327 g/mol. The van der Waals surface area contributed by atoms with Crippen LogP contribution in [-0.2, 0) is 16.2 Å². The first kappa shape index (κ1) is 14.7. The van der Waals surface area contributed by atoms with E-state index < -0.39 is 32.2 Å². The lowest BCUT2D eigenvalue weighted by molar-refractivity contribution is -0.138. The van der Waals surface area contributed by atoms with Gasteiger partial charge in [0.05, 0.1) is 4.90 Å². The molecular weight excluding hydrogens is 322 g/mol. The highest BCUT2D eigenvalue weighted by Gasteiger charge is 2.36. The van der Waals surface area contributed by atoms with Crippen molar-refractivity contribution >= 4 is 26.5 Å². The molecule has 108 valence electrons. The molecule has 1 heterocycles. The predicted molar refractivity (Wildman–Crippen MR) is 62.1 cm³/mol. The second kappa shape index (κ2) is 4.98. The third-order valence-electron chi connectivity index (χ3n) is 2.01. The maximum absolute atomic E-state index is 12.7. The highest BCUT2D eigenvalue weighted by atomic mass is 32.2. The molecule has 0 amide bonds. The first-order chi connectivity index (χ1) is 9.18. The van der Waals surface area contributed by atoms with E-state index in [1.807, 2.05) is 4.72 Å². The number of rotatable bonds is 3. The lowest BCUT2D eigenvalue weighted by atomic mass is 10.4. The SMILES string of the molecule is O=S(=O)(Nc1nnc(C(F)(F)F)s1)c1ccc(F)cc1. The van der Waals surface area contributed by atoms with Crippen LogP contribution >= 0.6 is 11.3 Å². The van der Waals surface area contributed by atoms with E-state index in [9.17, 15) is 26.0 Å². The third kappa shape index (κ3) is 3.22. The van der Waals surface area contributed by atoms with Gasteiger partial charge in [0, 0.05) is 0 Å². The van der Waals surface area contributed by atoms with Crippen LogP contribution in [0.25, 0.3) is 0 Å². The first-order valence-corrected chi connectivity index (χ1v) is 7.17. The summed E-state index contributed by atoms with van der Waals surface area (Å²) in [5.74, 6) is -0.640. The van der Waals surface area contributed by atoms with E-state index in [0.29, 0.717) is 0 Å². The Kier molecular flexibility index (Phi) is 3.65. The Labute approximate surface area is 114 Å². The van der Waals surface area contributed by atoms with Gasteiger partial charge in [-0.2, -0.15) is 13.2 Å². The fraction of sp³-hybridized carbons (Fsp3) is 0.111. The van der Waals surface area contributed by atoms with Crippen molar-refractivity contribution < 1.29 is 26.0 Å². The molecule has 20 heavy (non-hydrogen) atoms. The Hall–Kier alpha value is -1.75. The number of aromatic nitrogens is 2. The van der Waals surface area contributed by atoms with Gasteiger partial charge in [-0.05, 0) is 24.3 Å². The minimum absolute atomic E-state index is 0.0529. The summed E-state index contributed by atoms with van der Waals surface area (Å²) in [6.07, 6.45) is -4.70. The van der Waals surface area contributed by atoms with E-state index in [1.165, 1.54) is 0 Å². The third-order valence-corrected chi connectivity index (χ3v) is 4.38. The second-order valence-corrected chi connectivity index (χ2v) is 6.13. The fourth-order valence-corrected chi connectivity index (χ4v) is 3.01. The Morgan fingerprint density at radius 1 is 1.10 bits per heavy atom. The zero-order chi connectivity index (χ0) is 15.0. The van der Waals surface area contributed by atoms with Gasteiger partial charge in [0.1, 0.15) is 5.82 Å². The summed E-state index contributed by atoms with van der Waals surface area (Å²) in [6.45, 7) is 0. The van der Waals surface area contributed by atoms with E-state index in [-0.39, 0.29) is 16.2 Å². The predicted octanol–water partition coefficient (Wildman–Crippen LogP) is 2.50. The number of benzene rings is 1. The Morgan fingerprint density at radius 3 is 2.20 bits per heavy atom. The zero-order valence-corrected chi connectivity index (χ0v) is 11.0. The molecule has 0 aliphatic rings. The standard InChI is InChI=1S/C9H5F4N3O2S2/c10-5-1-3-6(4-2-5)20(17,18)16-8-15-14-7(19-8)9(11,12)13/h1-4H,(H,15,16). The molecule has 1 N–H and O–H groups in total. The highest BCUT2D eigenvalue weighted by molar-refractivity contribution is 7.93. The summed E-state index contributed by atoms with van der Waals surface area (Å²) >= 11 is 0.0529. The lowest BCUT2D eigenvalue weighted by Gasteiger charge is -2.04. The molecule has 11 heteroatoms. The molecule has 2 aromatic rings. The summed E-state index contributed by atoms with van der Waals surface area (Å²) in [5, 5.41) is 4.14. The van der Waals surface area contributed by atoms with Crippen molar-refractivity contribution in [3.05, 3.63) is 35.1 Å². The Bertz CT molecular complexity index is 710. The number of nitrogens with zero attached hydrogens (tertiary/aromatic N) is 2. The van der Waals surface area contributed by atoms with Crippen molar-refractivity contribution in [1.82, 2.24) is 10.2 Å². The molecular formula is C9H5F4N3O2S2. The number of nitrogens with one attached hydrogen (secondary N) is 1. The van der Waals surface area contributed by atoms with Crippen LogP contribution in [0.2, 0.25) is 0 Å². The van der Waals surface area contributed by atoms with Crippen molar-refractivity contribution in [2.75, 3.05) is 4.72 Å². The van der Waals surface area contributed by atoms with Crippen LogP contribution in [-0.4, -0.2) is 18.6 Å². The molecule has 0 aliphatic carbocycles. The molecule has 2 rings (SSSR count). The normalized spacial score (nSPS) is 12.4. The summed E-state index contributed by atoms with van der Waals surface area (Å²) in [4.78, 5) is -0.303. The summed E-state index contributed by atoms with van der Waals surface area (Å²) < 4.78 is 75.0. The summed E-state index contributed by atoms with van der Waals surface area (Å²) in [7, 11) is -4.14. The smallest absolute Gasteiger partial charge is 0.253 e. The molecule has 0 bridgehead atoms. The van der Waals surface area contributed by atoms with Gasteiger partial charge in [-0.25, -0.2) is 12.8 Å². The van der Waals surface area contributed by atoms with Crippen LogP contribution in [0.5, 0.6) is 0 Å². The monoisotopic (exact) mass is 327 g/mol. The van der Waals surface area contributed by atoms with E-state index in [1.54, 1.807) is 0 Å². The summed E-state index contributed by atoms with van der Waals surface area (Å²) in [6, 6.07) is 3.78. The summed E-state index contributed by atoms with van der Waals surface area (Å²) in [5.41, 5.74) is 0. The molecule has 0 saturated carbocycles. The first-order valence-electron chi connectivity index (χ1n) is 4.87. The molecule has 0 fully saturated rings. The van der Waals surface area contributed by atoms with Gasteiger partial charge < -0.3 is 0 Å². The number of hydrogen-bond acceptors (Lipinski definition) is 5. The van der Waals surface area contributed by atoms with Crippen molar-refractivity contribution in [2.45, 2.75) is 11.1 Å². The molecule has 0 atom stereocenters. The van der Waals surface area contributed by atoms with Crippen molar-refractivity contribution in [3.8, 4) is 0 Å². The van der Waals surface area contributed by atoms with Crippen LogP contribution in [0.3, 0.4) is 0 Å². The van der Waals surface area contributed by atoms with Crippen molar-refractivity contribution in [3.63, 3.8) is 0 Å². The molecule has 0 unspecified atom stereocenters. The van der Waals surface area contributed by atoms with Crippen LogP contribution in [0.1, 0.15) is 5.01 Å². The van der Waals surface area contributed by atoms with Gasteiger partial charge >= 0.3 is 6.18 Å².